The van der Waals surface area contributed by atoms with Crippen molar-refractivity contribution in [2.75, 3.05) is 20.1 Å². The summed E-state index contributed by atoms with van der Waals surface area (Å²) in [5.74, 6) is -0.0570. The van der Waals surface area contributed by atoms with Crippen molar-refractivity contribution >= 4 is 27.5 Å². The quantitative estimate of drug-likeness (QED) is 0.797. The van der Waals surface area contributed by atoms with E-state index in [1.54, 1.807) is 0 Å². The maximum absolute atomic E-state index is 12.2. The van der Waals surface area contributed by atoms with Crippen molar-refractivity contribution in [3.05, 3.63) is 23.5 Å². The van der Waals surface area contributed by atoms with E-state index in [1.165, 1.54) is 25.4 Å². The minimum Gasteiger partial charge on any atom is -0.355 e. The molecule has 0 aliphatic rings. The predicted molar refractivity (Wildman–Crippen MR) is 76.9 cm³/mol. The molecule has 1 heterocycles. The molecule has 0 bridgehead atoms. The van der Waals surface area contributed by atoms with Gasteiger partial charge in [-0.05, 0) is 18.1 Å². The lowest BCUT2D eigenvalue weighted by molar-refractivity contribution is -0.121. The Bertz CT molecular complexity index is 575. The van der Waals surface area contributed by atoms with Crippen LogP contribution in [0.2, 0.25) is 5.15 Å². The highest BCUT2D eigenvalue weighted by Gasteiger charge is 2.25. The molecule has 0 aliphatic carbocycles. The zero-order chi connectivity index (χ0) is 15.3. The summed E-state index contributed by atoms with van der Waals surface area (Å²) < 4.78 is 25.4. The molecule has 1 N–H and O–H groups in total. The summed E-state index contributed by atoms with van der Waals surface area (Å²) in [5, 5.41) is 2.55. The second-order valence-corrected chi connectivity index (χ2v) is 7.12. The average Bonchev–Trinajstić information content (AvgIpc) is 2.36. The number of hydrogen-bond acceptors (Lipinski definition) is 4. The molecule has 6 nitrogen and oxygen atoms in total. The number of amides is 1. The maximum atomic E-state index is 12.2. The lowest BCUT2D eigenvalue weighted by atomic mass is 10.2. The molecule has 0 fully saturated rings. The van der Waals surface area contributed by atoms with Gasteiger partial charge in [-0.15, -0.1) is 0 Å². The zero-order valence-electron chi connectivity index (χ0n) is 11.6. The summed E-state index contributed by atoms with van der Waals surface area (Å²) in [6.07, 6.45) is 1.40. The smallest absolute Gasteiger partial charge is 0.246 e. The van der Waals surface area contributed by atoms with Gasteiger partial charge in [0, 0.05) is 19.8 Å². The molecule has 1 aromatic rings. The lowest BCUT2D eigenvalue weighted by Gasteiger charge is -2.17. The van der Waals surface area contributed by atoms with Gasteiger partial charge in [0.1, 0.15) is 10.0 Å². The van der Waals surface area contributed by atoms with Crippen molar-refractivity contribution in [3.8, 4) is 0 Å². The Hall–Kier alpha value is -1.18. The fourth-order valence-corrected chi connectivity index (χ4v) is 2.94. The number of likely N-dealkylation sites (N-methyl/N-ethyl adjacent to an activating group) is 1. The second kappa shape index (κ2) is 7.01. The number of rotatable bonds is 6. The Morgan fingerprint density at radius 3 is 2.70 bits per heavy atom. The third-order valence-electron chi connectivity index (χ3n) is 2.49. The van der Waals surface area contributed by atoms with Gasteiger partial charge in [-0.25, -0.2) is 13.4 Å². The standard InChI is InChI=1S/C12H18ClN3O3S/c1-9(2)7-15-11(17)8-16(3)20(18,19)10-5-4-6-14-12(10)13/h4-6,9H,7-8H2,1-3H3,(H,15,17). The molecule has 0 spiro atoms. The molecule has 1 rings (SSSR count). The summed E-state index contributed by atoms with van der Waals surface area (Å²) in [6, 6.07) is 2.83. The van der Waals surface area contributed by atoms with Crippen LogP contribution >= 0.6 is 11.6 Å². The number of halogens is 1. The van der Waals surface area contributed by atoms with Gasteiger partial charge in [0.2, 0.25) is 15.9 Å². The monoisotopic (exact) mass is 319 g/mol. The van der Waals surface area contributed by atoms with Crippen molar-refractivity contribution in [1.82, 2.24) is 14.6 Å². The van der Waals surface area contributed by atoms with E-state index < -0.39 is 10.0 Å². The van der Waals surface area contributed by atoms with Crippen LogP contribution in [0.5, 0.6) is 0 Å². The molecule has 8 heteroatoms. The predicted octanol–water partition coefficient (Wildman–Crippen LogP) is 1.13. The summed E-state index contributed by atoms with van der Waals surface area (Å²) in [4.78, 5) is 15.3. The summed E-state index contributed by atoms with van der Waals surface area (Å²) >= 11 is 5.77. The first-order chi connectivity index (χ1) is 9.25. The SMILES string of the molecule is CC(C)CNC(=O)CN(C)S(=O)(=O)c1cccnc1Cl. The topological polar surface area (TPSA) is 79.4 Å². The van der Waals surface area contributed by atoms with E-state index in [0.717, 1.165) is 4.31 Å². The summed E-state index contributed by atoms with van der Waals surface area (Å²) in [5.41, 5.74) is 0. The molecular weight excluding hydrogens is 302 g/mol. The molecule has 0 radical (unpaired) electrons. The number of carbonyl (C=O) groups is 1. The number of sulfonamides is 1. The van der Waals surface area contributed by atoms with Gasteiger partial charge in [-0.3, -0.25) is 4.79 Å². The van der Waals surface area contributed by atoms with Crippen LogP contribution < -0.4 is 5.32 Å². The minimum absolute atomic E-state index is 0.109. The Balaban J connectivity index is 2.78. The maximum Gasteiger partial charge on any atom is 0.246 e. The molecule has 0 atom stereocenters. The molecule has 0 aromatic carbocycles. The number of nitrogens with one attached hydrogen (secondary N) is 1. The van der Waals surface area contributed by atoms with E-state index in [0.29, 0.717) is 12.5 Å². The van der Waals surface area contributed by atoms with Crippen LogP contribution in [-0.2, 0) is 14.8 Å². The number of nitrogens with zero attached hydrogens (tertiary/aromatic N) is 2. The fourth-order valence-electron chi connectivity index (χ4n) is 1.39. The van der Waals surface area contributed by atoms with Crippen LogP contribution in [0.3, 0.4) is 0 Å². The first kappa shape index (κ1) is 16.9. The molecule has 1 aromatic heterocycles. The second-order valence-electron chi connectivity index (χ2n) is 4.75. The van der Waals surface area contributed by atoms with E-state index in [-0.39, 0.29) is 22.5 Å². The summed E-state index contributed by atoms with van der Waals surface area (Å²) in [7, 11) is -2.50. The van der Waals surface area contributed by atoms with Gasteiger partial charge in [0.25, 0.3) is 0 Å². The Labute approximate surface area is 124 Å². The Morgan fingerprint density at radius 2 is 2.15 bits per heavy atom. The third-order valence-corrected chi connectivity index (χ3v) is 4.74. The lowest BCUT2D eigenvalue weighted by Crippen LogP contribution is -2.39. The van der Waals surface area contributed by atoms with Crippen molar-refractivity contribution in [1.29, 1.82) is 0 Å². The highest BCUT2D eigenvalue weighted by atomic mass is 35.5. The first-order valence-electron chi connectivity index (χ1n) is 6.08. The fraction of sp³-hybridized carbons (Fsp3) is 0.500. The van der Waals surface area contributed by atoms with Crippen molar-refractivity contribution in [2.45, 2.75) is 18.7 Å². The molecule has 0 saturated carbocycles. The Morgan fingerprint density at radius 1 is 1.50 bits per heavy atom. The van der Waals surface area contributed by atoms with Crippen LogP contribution in [0.1, 0.15) is 13.8 Å². The number of pyridine rings is 1. The van der Waals surface area contributed by atoms with Gasteiger partial charge in [-0.1, -0.05) is 25.4 Å². The molecule has 0 saturated heterocycles. The van der Waals surface area contributed by atoms with E-state index >= 15 is 0 Å². The highest BCUT2D eigenvalue weighted by Crippen LogP contribution is 2.20. The van der Waals surface area contributed by atoms with E-state index in [2.05, 4.69) is 10.3 Å². The molecule has 20 heavy (non-hydrogen) atoms. The van der Waals surface area contributed by atoms with Gasteiger partial charge >= 0.3 is 0 Å². The van der Waals surface area contributed by atoms with Crippen LogP contribution in [0, 0.1) is 5.92 Å². The molecule has 0 aliphatic heterocycles. The zero-order valence-corrected chi connectivity index (χ0v) is 13.2. The highest BCUT2D eigenvalue weighted by molar-refractivity contribution is 7.89. The van der Waals surface area contributed by atoms with E-state index in [4.69, 9.17) is 11.6 Å². The number of aromatic nitrogens is 1. The normalized spacial score (nSPS) is 11.9. The minimum atomic E-state index is -3.83. The molecular formula is C12H18ClN3O3S. The Kier molecular flexibility index (Phi) is 5.91. The van der Waals surface area contributed by atoms with Gasteiger partial charge in [-0.2, -0.15) is 4.31 Å². The van der Waals surface area contributed by atoms with Gasteiger partial charge in [0.05, 0.1) is 6.54 Å². The molecule has 1 amide bonds. The van der Waals surface area contributed by atoms with Crippen LogP contribution in [0.25, 0.3) is 0 Å². The van der Waals surface area contributed by atoms with Crippen LogP contribution in [0.4, 0.5) is 0 Å². The molecule has 0 unspecified atom stereocenters. The van der Waals surface area contributed by atoms with Crippen molar-refractivity contribution in [3.63, 3.8) is 0 Å². The van der Waals surface area contributed by atoms with Crippen LogP contribution in [-0.4, -0.2) is 43.8 Å². The van der Waals surface area contributed by atoms with Gasteiger partial charge in [0.15, 0.2) is 0 Å². The van der Waals surface area contributed by atoms with Gasteiger partial charge < -0.3 is 5.32 Å². The third kappa shape index (κ3) is 4.43. The average molecular weight is 320 g/mol. The van der Waals surface area contributed by atoms with E-state index in [1.807, 2.05) is 13.8 Å². The van der Waals surface area contributed by atoms with Crippen LogP contribution in [0.15, 0.2) is 23.2 Å². The van der Waals surface area contributed by atoms with Crippen molar-refractivity contribution in [2.24, 2.45) is 5.92 Å². The van der Waals surface area contributed by atoms with E-state index in [9.17, 15) is 13.2 Å². The summed E-state index contributed by atoms with van der Waals surface area (Å²) in [6.45, 7) is 4.15. The number of carbonyl (C=O) groups excluding carboxylic acids is 1. The van der Waals surface area contributed by atoms with Crippen molar-refractivity contribution < 1.29 is 13.2 Å². The first-order valence-corrected chi connectivity index (χ1v) is 7.90. The molecule has 112 valence electrons. The largest absolute Gasteiger partial charge is 0.355 e. The number of hydrogen-bond donors (Lipinski definition) is 1.